The molecule has 6 nitrogen and oxygen atoms in total. The summed E-state index contributed by atoms with van der Waals surface area (Å²) in [5.74, 6) is -1.19. The third-order valence-electron chi connectivity index (χ3n) is 4.58. The van der Waals surface area contributed by atoms with Gasteiger partial charge in [-0.3, -0.25) is 0 Å². The summed E-state index contributed by atoms with van der Waals surface area (Å²) >= 11 is 0. The number of carbonyl (C=O) groups is 2. The lowest BCUT2D eigenvalue weighted by molar-refractivity contribution is -0.147. The Balaban J connectivity index is 2.07. The maximum Gasteiger partial charge on any atom is 0.408 e. The Morgan fingerprint density at radius 2 is 1.43 bits per heavy atom. The SMILES string of the molecule is C[C@H](OC(C)(C)C)[C@@H](NC(=O)OC(C)(C)c1ccc(-c2ccccc2)cc1)C(=O)O. The van der Waals surface area contributed by atoms with E-state index >= 15 is 0 Å². The van der Waals surface area contributed by atoms with Crippen LogP contribution < -0.4 is 5.32 Å². The summed E-state index contributed by atoms with van der Waals surface area (Å²) in [6, 6.07) is 16.5. The fourth-order valence-corrected chi connectivity index (χ4v) is 3.15. The number of benzene rings is 2. The first-order chi connectivity index (χ1) is 13.9. The molecule has 0 saturated heterocycles. The minimum atomic E-state index is -1.23. The summed E-state index contributed by atoms with van der Waals surface area (Å²) in [4.78, 5) is 24.1. The summed E-state index contributed by atoms with van der Waals surface area (Å²) in [7, 11) is 0. The van der Waals surface area contributed by atoms with Crippen molar-refractivity contribution >= 4 is 12.1 Å². The molecule has 30 heavy (non-hydrogen) atoms. The summed E-state index contributed by atoms with van der Waals surface area (Å²) < 4.78 is 11.2. The van der Waals surface area contributed by atoms with E-state index in [0.29, 0.717) is 0 Å². The van der Waals surface area contributed by atoms with Gasteiger partial charge in [-0.25, -0.2) is 9.59 Å². The number of ether oxygens (including phenoxy) is 2. The highest BCUT2D eigenvalue weighted by Crippen LogP contribution is 2.28. The van der Waals surface area contributed by atoms with Crippen LogP contribution in [0.4, 0.5) is 4.79 Å². The molecule has 2 aromatic rings. The van der Waals surface area contributed by atoms with Crippen LogP contribution in [0.2, 0.25) is 0 Å². The molecule has 0 fully saturated rings. The van der Waals surface area contributed by atoms with Crippen LogP contribution in [0.5, 0.6) is 0 Å². The van der Waals surface area contributed by atoms with E-state index < -0.39 is 35.4 Å². The molecule has 0 heterocycles. The Hall–Kier alpha value is -2.86. The van der Waals surface area contributed by atoms with Gasteiger partial charge in [0.1, 0.15) is 5.60 Å². The van der Waals surface area contributed by atoms with Crippen molar-refractivity contribution in [2.24, 2.45) is 0 Å². The maximum absolute atomic E-state index is 12.5. The number of aliphatic carboxylic acids is 1. The van der Waals surface area contributed by atoms with Gasteiger partial charge in [0.25, 0.3) is 0 Å². The van der Waals surface area contributed by atoms with Crippen molar-refractivity contribution in [2.75, 3.05) is 0 Å². The van der Waals surface area contributed by atoms with Gasteiger partial charge in [-0.2, -0.15) is 0 Å². The average Bonchev–Trinajstić information content (AvgIpc) is 2.65. The van der Waals surface area contributed by atoms with E-state index in [2.05, 4.69) is 5.32 Å². The van der Waals surface area contributed by atoms with Gasteiger partial charge in [0.2, 0.25) is 0 Å². The molecule has 0 aliphatic carbocycles. The zero-order valence-corrected chi connectivity index (χ0v) is 18.4. The highest BCUT2D eigenvalue weighted by atomic mass is 16.6. The molecule has 0 spiro atoms. The van der Waals surface area contributed by atoms with Gasteiger partial charge < -0.3 is 19.9 Å². The topological polar surface area (TPSA) is 84.9 Å². The van der Waals surface area contributed by atoms with Crippen LogP contribution in [0.25, 0.3) is 11.1 Å². The molecule has 0 aliphatic heterocycles. The fraction of sp³-hybridized carbons (Fsp3) is 0.417. The largest absolute Gasteiger partial charge is 0.480 e. The van der Waals surface area contributed by atoms with Crippen LogP contribution in [-0.4, -0.2) is 34.9 Å². The molecule has 2 aromatic carbocycles. The molecular weight excluding hydrogens is 382 g/mol. The lowest BCUT2D eigenvalue weighted by atomic mass is 9.95. The van der Waals surface area contributed by atoms with Crippen LogP contribution >= 0.6 is 0 Å². The van der Waals surface area contributed by atoms with Gasteiger partial charge in [-0.15, -0.1) is 0 Å². The second-order valence-corrected chi connectivity index (χ2v) is 8.74. The minimum Gasteiger partial charge on any atom is -0.480 e. The number of nitrogens with one attached hydrogen (secondary N) is 1. The van der Waals surface area contributed by atoms with Crippen LogP contribution in [0.3, 0.4) is 0 Å². The third-order valence-corrected chi connectivity index (χ3v) is 4.58. The molecular formula is C24H31NO5. The number of hydrogen-bond acceptors (Lipinski definition) is 4. The van der Waals surface area contributed by atoms with Gasteiger partial charge in [0.15, 0.2) is 6.04 Å². The van der Waals surface area contributed by atoms with E-state index in [1.54, 1.807) is 20.8 Å². The van der Waals surface area contributed by atoms with Gasteiger partial charge in [-0.1, -0.05) is 54.6 Å². The highest BCUT2D eigenvalue weighted by molar-refractivity contribution is 5.80. The number of carbonyl (C=O) groups excluding carboxylic acids is 1. The number of carboxylic acid groups (broad SMARTS) is 1. The van der Waals surface area contributed by atoms with Crippen LogP contribution in [0.1, 0.15) is 47.1 Å². The van der Waals surface area contributed by atoms with Gasteiger partial charge in [-0.05, 0) is 58.2 Å². The lowest BCUT2D eigenvalue weighted by Crippen LogP contribution is -2.51. The normalized spacial score (nSPS) is 13.9. The number of alkyl carbamates (subject to hydrolysis) is 1. The van der Waals surface area contributed by atoms with Crippen molar-refractivity contribution in [3.63, 3.8) is 0 Å². The van der Waals surface area contributed by atoms with Crippen molar-refractivity contribution in [3.05, 3.63) is 60.2 Å². The second kappa shape index (κ2) is 9.30. The van der Waals surface area contributed by atoms with Crippen LogP contribution in [0.15, 0.2) is 54.6 Å². The Labute approximate surface area is 178 Å². The highest BCUT2D eigenvalue weighted by Gasteiger charge is 2.33. The third kappa shape index (κ3) is 6.59. The monoisotopic (exact) mass is 413 g/mol. The summed E-state index contributed by atoms with van der Waals surface area (Å²) in [5, 5.41) is 11.9. The Bertz CT molecular complexity index is 853. The first-order valence-electron chi connectivity index (χ1n) is 9.95. The summed E-state index contributed by atoms with van der Waals surface area (Å²) in [5.41, 5.74) is 1.45. The molecule has 162 valence electrons. The second-order valence-electron chi connectivity index (χ2n) is 8.74. The molecule has 2 rings (SSSR count). The van der Waals surface area contributed by atoms with Crippen LogP contribution in [-0.2, 0) is 19.9 Å². The van der Waals surface area contributed by atoms with Gasteiger partial charge in [0, 0.05) is 0 Å². The van der Waals surface area contributed by atoms with E-state index in [9.17, 15) is 14.7 Å². The summed E-state index contributed by atoms with van der Waals surface area (Å²) in [6.45, 7) is 10.6. The van der Waals surface area contributed by atoms with Crippen LogP contribution in [0, 0.1) is 0 Å². The molecule has 0 unspecified atom stereocenters. The zero-order chi connectivity index (χ0) is 22.5. The van der Waals surface area contributed by atoms with E-state index in [1.807, 2.05) is 75.4 Å². The molecule has 0 aromatic heterocycles. The van der Waals surface area contributed by atoms with Crippen molar-refractivity contribution in [1.29, 1.82) is 0 Å². The molecule has 0 saturated carbocycles. The molecule has 1 amide bonds. The molecule has 0 aliphatic rings. The first-order valence-corrected chi connectivity index (χ1v) is 9.95. The summed E-state index contributed by atoms with van der Waals surface area (Å²) in [6.07, 6.45) is -1.55. The molecule has 6 heteroatoms. The predicted molar refractivity (Wildman–Crippen MR) is 116 cm³/mol. The Kier molecular flexibility index (Phi) is 7.26. The molecule has 2 N–H and O–H groups in total. The van der Waals surface area contributed by atoms with E-state index in [0.717, 1.165) is 16.7 Å². The molecule has 0 bridgehead atoms. The standard InChI is InChI=1S/C24H31NO5/c1-16(29-23(2,3)4)20(21(26)27)25-22(28)30-24(5,6)19-14-12-18(13-15-19)17-10-8-7-9-11-17/h7-16,20H,1-6H3,(H,25,28)(H,26,27)/t16-,20+/m0/s1. The number of amides is 1. The van der Waals surface area contributed by atoms with E-state index in [4.69, 9.17) is 9.47 Å². The lowest BCUT2D eigenvalue weighted by Gasteiger charge is -2.31. The molecule has 2 atom stereocenters. The quantitative estimate of drug-likeness (QED) is 0.669. The Morgan fingerprint density at radius 3 is 1.93 bits per heavy atom. The zero-order valence-electron chi connectivity index (χ0n) is 18.4. The van der Waals surface area contributed by atoms with Crippen molar-refractivity contribution in [3.8, 4) is 11.1 Å². The van der Waals surface area contributed by atoms with Gasteiger partial charge >= 0.3 is 12.1 Å². The molecule has 0 radical (unpaired) electrons. The smallest absolute Gasteiger partial charge is 0.408 e. The predicted octanol–water partition coefficient (Wildman–Crippen LogP) is 4.97. The Morgan fingerprint density at radius 1 is 0.900 bits per heavy atom. The first kappa shape index (κ1) is 23.4. The number of hydrogen-bond donors (Lipinski definition) is 2. The van der Waals surface area contributed by atoms with Gasteiger partial charge in [0.05, 0.1) is 11.7 Å². The maximum atomic E-state index is 12.5. The van der Waals surface area contributed by atoms with E-state index in [-0.39, 0.29) is 0 Å². The average molecular weight is 414 g/mol. The van der Waals surface area contributed by atoms with E-state index in [1.165, 1.54) is 0 Å². The van der Waals surface area contributed by atoms with Crippen molar-refractivity contribution in [2.45, 2.75) is 64.9 Å². The minimum absolute atomic E-state index is 0.543. The number of carboxylic acids is 1. The number of rotatable bonds is 7. The van der Waals surface area contributed by atoms with Crippen molar-refractivity contribution < 1.29 is 24.2 Å². The fourth-order valence-electron chi connectivity index (χ4n) is 3.15. The van der Waals surface area contributed by atoms with Crippen molar-refractivity contribution in [1.82, 2.24) is 5.32 Å².